The first-order chi connectivity index (χ1) is 15.1. The standard InChI is InChI=1S/C20H16ClN9O.ClH/c21-13-6-10-29-15(13)17(31)30(12-4-2-1-3-5-12)16(26-29)14-7-9-27(14)20-25-18(22)24-19-23-8-11-28(19)20;/h1-6,8,10-11,14H,7,9H2,(H2,22,23,24);1H/t14-;/m0./s1. The number of nitrogen functional groups attached to an aromatic ring is 1. The third-order valence-electron chi connectivity index (χ3n) is 5.57. The molecule has 0 amide bonds. The van der Waals surface area contributed by atoms with Gasteiger partial charge in [0.2, 0.25) is 0 Å². The summed E-state index contributed by atoms with van der Waals surface area (Å²) in [5.41, 5.74) is 6.78. The summed E-state index contributed by atoms with van der Waals surface area (Å²) in [4.78, 5) is 27.3. The highest BCUT2D eigenvalue weighted by molar-refractivity contribution is 6.33. The molecule has 32 heavy (non-hydrogen) atoms. The molecule has 0 bridgehead atoms. The Morgan fingerprint density at radius 2 is 1.94 bits per heavy atom. The number of anilines is 2. The van der Waals surface area contributed by atoms with Crippen LogP contribution in [0.15, 0.2) is 59.8 Å². The molecule has 1 fully saturated rings. The van der Waals surface area contributed by atoms with Gasteiger partial charge in [0.1, 0.15) is 11.7 Å². The topological polar surface area (TPSA) is 113 Å². The molecule has 6 rings (SSSR count). The lowest BCUT2D eigenvalue weighted by Crippen LogP contribution is -3.00. The van der Waals surface area contributed by atoms with Crippen LogP contribution in [-0.4, -0.2) is 35.1 Å². The fourth-order valence-electron chi connectivity index (χ4n) is 4.05. The van der Waals surface area contributed by atoms with Gasteiger partial charge in [-0.15, -0.1) is 4.98 Å². The Bertz CT molecular complexity index is 1510. The first kappa shape index (κ1) is 20.3. The van der Waals surface area contributed by atoms with Crippen molar-refractivity contribution in [3.8, 4) is 5.69 Å². The normalized spacial score (nSPS) is 15.7. The molecular formula is C20H17Cl2N9O. The van der Waals surface area contributed by atoms with E-state index in [0.29, 0.717) is 28.1 Å². The molecular weight excluding hydrogens is 453 g/mol. The number of hydrogen-bond donors (Lipinski definition) is 1. The van der Waals surface area contributed by atoms with Gasteiger partial charge in [0.15, 0.2) is 5.82 Å². The number of nitrogens with two attached hydrogens (primary N) is 1. The lowest BCUT2D eigenvalue weighted by molar-refractivity contribution is -0.346. The molecule has 0 aliphatic carbocycles. The fourth-order valence-corrected chi connectivity index (χ4v) is 4.28. The van der Waals surface area contributed by atoms with E-state index in [9.17, 15) is 4.79 Å². The van der Waals surface area contributed by atoms with E-state index >= 15 is 0 Å². The molecule has 0 saturated carbocycles. The molecule has 0 radical (unpaired) electrons. The molecule has 1 saturated heterocycles. The number of hydrogen-bond acceptors (Lipinski definition) is 6. The number of fused-ring (bicyclic) bond motifs is 2. The smallest absolute Gasteiger partial charge is 0.407 e. The number of halogens is 2. The highest BCUT2D eigenvalue weighted by Crippen LogP contribution is 2.36. The van der Waals surface area contributed by atoms with Crippen molar-refractivity contribution in [1.29, 1.82) is 0 Å². The van der Waals surface area contributed by atoms with E-state index in [1.165, 1.54) is 0 Å². The first-order valence-corrected chi connectivity index (χ1v) is 10.1. The first-order valence-electron chi connectivity index (χ1n) is 9.76. The zero-order valence-corrected chi connectivity index (χ0v) is 18.1. The Morgan fingerprint density at radius 3 is 2.69 bits per heavy atom. The van der Waals surface area contributed by atoms with Crippen molar-refractivity contribution < 1.29 is 17.4 Å². The van der Waals surface area contributed by atoms with E-state index in [1.54, 1.807) is 27.5 Å². The maximum atomic E-state index is 13.5. The van der Waals surface area contributed by atoms with Crippen molar-refractivity contribution in [3.05, 3.63) is 76.2 Å². The Kier molecular flexibility index (Phi) is 4.75. The summed E-state index contributed by atoms with van der Waals surface area (Å²) in [5.74, 6) is 2.00. The second kappa shape index (κ2) is 7.50. The number of benzene rings is 1. The van der Waals surface area contributed by atoms with Crippen LogP contribution in [0.1, 0.15) is 18.3 Å². The van der Waals surface area contributed by atoms with Crippen LogP contribution < -0.4 is 33.6 Å². The monoisotopic (exact) mass is 469 g/mol. The number of imidazole rings is 1. The van der Waals surface area contributed by atoms with E-state index in [-0.39, 0.29) is 30.0 Å². The van der Waals surface area contributed by atoms with Gasteiger partial charge >= 0.3 is 11.7 Å². The zero-order chi connectivity index (χ0) is 21.1. The molecule has 0 spiro atoms. The molecule has 3 N–H and O–H groups in total. The molecule has 1 aliphatic rings. The number of rotatable bonds is 3. The zero-order valence-electron chi connectivity index (χ0n) is 16.6. The van der Waals surface area contributed by atoms with Crippen molar-refractivity contribution in [2.75, 3.05) is 17.2 Å². The molecule has 5 aromatic rings. The van der Waals surface area contributed by atoms with Crippen LogP contribution in [0.5, 0.6) is 0 Å². The molecule has 4 aromatic heterocycles. The molecule has 5 heterocycles. The van der Waals surface area contributed by atoms with Crippen LogP contribution in [0.2, 0.25) is 5.02 Å². The van der Waals surface area contributed by atoms with Crippen LogP contribution in [0.4, 0.5) is 11.9 Å². The Balaban J connectivity index is 0.00000216. The third-order valence-corrected chi connectivity index (χ3v) is 5.87. The summed E-state index contributed by atoms with van der Waals surface area (Å²) in [6.45, 7) is 0.740. The summed E-state index contributed by atoms with van der Waals surface area (Å²) in [5, 5.41) is 5.15. The van der Waals surface area contributed by atoms with Crippen LogP contribution in [0.25, 0.3) is 17.0 Å². The van der Waals surface area contributed by atoms with Crippen molar-refractivity contribution in [2.45, 2.75) is 12.5 Å². The number of para-hydroxylation sites is 1. The maximum absolute atomic E-state index is 13.5. The maximum Gasteiger partial charge on any atom is 0.407 e. The van der Waals surface area contributed by atoms with Crippen LogP contribution in [0, 0.1) is 0 Å². The molecule has 12 heteroatoms. The number of nitrogens with zero attached hydrogens (tertiary/aromatic N) is 7. The summed E-state index contributed by atoms with van der Waals surface area (Å²) >= 11 is 6.29. The number of aromatic amines is 1. The minimum Gasteiger partial charge on any atom is -1.00 e. The van der Waals surface area contributed by atoms with Crippen LogP contribution >= 0.6 is 11.6 Å². The van der Waals surface area contributed by atoms with Gasteiger partial charge in [0.25, 0.3) is 11.5 Å². The Morgan fingerprint density at radius 1 is 1.12 bits per heavy atom. The SMILES string of the molecule is Nc1nc(N2CC[C@H]2c2nn3ccc(Cl)c3c(=O)n2-c2ccccc2)n2cc[nH+]c2n1.[Cl-]. The van der Waals surface area contributed by atoms with Gasteiger partial charge in [-0.25, -0.2) is 9.50 Å². The van der Waals surface area contributed by atoms with Crippen molar-refractivity contribution in [3.63, 3.8) is 0 Å². The van der Waals surface area contributed by atoms with Gasteiger partial charge in [-0.1, -0.05) is 29.8 Å². The predicted molar refractivity (Wildman–Crippen MR) is 114 cm³/mol. The number of H-pyrrole nitrogens is 1. The van der Waals surface area contributed by atoms with Gasteiger partial charge in [-0.2, -0.15) is 9.50 Å². The van der Waals surface area contributed by atoms with Crippen LogP contribution in [-0.2, 0) is 0 Å². The molecule has 0 unspecified atom stereocenters. The van der Waals surface area contributed by atoms with Crippen LogP contribution in [0.3, 0.4) is 0 Å². The third kappa shape index (κ3) is 2.91. The average molecular weight is 470 g/mol. The van der Waals surface area contributed by atoms with Gasteiger partial charge in [0, 0.05) is 12.7 Å². The minimum atomic E-state index is -0.223. The van der Waals surface area contributed by atoms with Gasteiger partial charge in [-0.05, 0) is 29.6 Å². The fraction of sp³-hybridized carbons (Fsp3) is 0.150. The molecule has 1 aliphatic heterocycles. The van der Waals surface area contributed by atoms with E-state index in [4.69, 9.17) is 22.4 Å². The van der Waals surface area contributed by atoms with E-state index in [2.05, 4.69) is 19.9 Å². The summed E-state index contributed by atoms with van der Waals surface area (Å²) in [6.07, 6.45) is 6.11. The lowest BCUT2D eigenvalue weighted by atomic mass is 10.0. The molecule has 10 nitrogen and oxygen atoms in total. The second-order valence-electron chi connectivity index (χ2n) is 7.32. The molecule has 1 aromatic carbocycles. The highest BCUT2D eigenvalue weighted by Gasteiger charge is 2.38. The Labute approximate surface area is 192 Å². The molecule has 162 valence electrons. The Hall–Kier alpha value is -3.63. The summed E-state index contributed by atoms with van der Waals surface area (Å²) in [7, 11) is 0. The molecule has 1 atom stereocenters. The quantitative estimate of drug-likeness (QED) is 0.345. The minimum absolute atomic E-state index is 0. The largest absolute Gasteiger partial charge is 1.00 e. The second-order valence-corrected chi connectivity index (χ2v) is 7.73. The lowest BCUT2D eigenvalue weighted by Gasteiger charge is -2.40. The number of aromatic nitrogens is 7. The van der Waals surface area contributed by atoms with Crippen molar-refractivity contribution in [1.82, 2.24) is 28.5 Å². The highest BCUT2D eigenvalue weighted by atomic mass is 35.5. The van der Waals surface area contributed by atoms with E-state index in [0.717, 1.165) is 18.7 Å². The predicted octanol–water partition coefficient (Wildman–Crippen LogP) is -1.47. The van der Waals surface area contributed by atoms with Gasteiger partial charge < -0.3 is 23.0 Å². The van der Waals surface area contributed by atoms with E-state index in [1.807, 2.05) is 40.9 Å². The average Bonchev–Trinajstić information content (AvgIpc) is 3.35. The summed E-state index contributed by atoms with van der Waals surface area (Å²) < 4.78 is 5.00. The summed E-state index contributed by atoms with van der Waals surface area (Å²) in [6, 6.07) is 10.9. The van der Waals surface area contributed by atoms with Gasteiger partial charge in [-0.3, -0.25) is 9.36 Å². The van der Waals surface area contributed by atoms with E-state index < -0.39 is 0 Å². The van der Waals surface area contributed by atoms with Crippen molar-refractivity contribution in [2.24, 2.45) is 0 Å². The number of nitrogens with one attached hydrogen (secondary N) is 1. The van der Waals surface area contributed by atoms with Crippen molar-refractivity contribution >= 4 is 34.8 Å². The van der Waals surface area contributed by atoms with Gasteiger partial charge in [0.05, 0.1) is 22.9 Å².